The van der Waals surface area contributed by atoms with Crippen LogP contribution in [0, 0.1) is 11.7 Å². The zero-order valence-corrected chi connectivity index (χ0v) is 19.1. The maximum absolute atomic E-state index is 14.3. The van der Waals surface area contributed by atoms with E-state index in [4.69, 9.17) is 0 Å². The Bertz CT molecular complexity index is 1020. The van der Waals surface area contributed by atoms with E-state index >= 15 is 0 Å². The van der Waals surface area contributed by atoms with Gasteiger partial charge in [-0.15, -0.1) is 10.2 Å². The van der Waals surface area contributed by atoms with E-state index in [1.54, 1.807) is 18.2 Å². The number of nitrogens with one attached hydrogen (secondary N) is 1. The molecule has 0 aliphatic rings. The molecule has 1 amide bonds. The minimum atomic E-state index is -0.338. The van der Waals surface area contributed by atoms with Crippen LogP contribution < -0.4 is 10.2 Å². The molecule has 6 nitrogen and oxygen atoms in total. The summed E-state index contributed by atoms with van der Waals surface area (Å²) in [4.78, 5) is 14.4. The summed E-state index contributed by atoms with van der Waals surface area (Å²) in [6, 6.07) is 14.6. The van der Waals surface area contributed by atoms with Crippen molar-refractivity contribution in [2.45, 2.75) is 32.1 Å². The molecule has 3 aromatic rings. The number of hydrogen-bond donors (Lipinski definition) is 1. The molecule has 8 heteroatoms. The molecule has 0 saturated carbocycles. The molecule has 0 fully saturated rings. The predicted molar refractivity (Wildman–Crippen MR) is 124 cm³/mol. The SMILES string of the molecule is CC(C)Cn1c(SCC(=O)NCc2ccc(N(C)C)cc2)nnc1-c1ccccc1F. The highest BCUT2D eigenvalue weighted by Crippen LogP contribution is 2.26. The van der Waals surface area contributed by atoms with Crippen molar-refractivity contribution in [3.05, 3.63) is 59.9 Å². The maximum atomic E-state index is 14.3. The van der Waals surface area contributed by atoms with E-state index in [9.17, 15) is 9.18 Å². The van der Waals surface area contributed by atoms with Gasteiger partial charge in [0.05, 0.1) is 11.3 Å². The van der Waals surface area contributed by atoms with Crippen LogP contribution in [0.15, 0.2) is 53.7 Å². The Hall–Kier alpha value is -2.87. The van der Waals surface area contributed by atoms with E-state index in [0.717, 1.165) is 11.3 Å². The van der Waals surface area contributed by atoms with Crippen molar-refractivity contribution in [2.75, 3.05) is 24.7 Å². The molecule has 0 unspecified atom stereocenters. The lowest BCUT2D eigenvalue weighted by Crippen LogP contribution is -2.24. The molecule has 164 valence electrons. The second-order valence-electron chi connectivity index (χ2n) is 7.92. The van der Waals surface area contributed by atoms with Gasteiger partial charge in [0.1, 0.15) is 5.82 Å². The first-order valence-corrected chi connectivity index (χ1v) is 11.2. The van der Waals surface area contributed by atoms with Crippen LogP contribution in [-0.4, -0.2) is 40.5 Å². The number of thioether (sulfide) groups is 1. The first-order chi connectivity index (χ1) is 14.8. The minimum Gasteiger partial charge on any atom is -0.378 e. The van der Waals surface area contributed by atoms with Gasteiger partial charge in [0.25, 0.3) is 0 Å². The third-order valence-corrected chi connectivity index (χ3v) is 5.62. The second-order valence-corrected chi connectivity index (χ2v) is 8.86. The van der Waals surface area contributed by atoms with E-state index in [1.165, 1.54) is 17.8 Å². The van der Waals surface area contributed by atoms with Crippen molar-refractivity contribution in [1.29, 1.82) is 0 Å². The Balaban J connectivity index is 1.64. The van der Waals surface area contributed by atoms with Gasteiger partial charge in [0, 0.05) is 32.9 Å². The average Bonchev–Trinajstić information content (AvgIpc) is 3.13. The maximum Gasteiger partial charge on any atom is 0.230 e. The molecule has 1 aromatic heterocycles. The number of benzene rings is 2. The zero-order valence-electron chi connectivity index (χ0n) is 18.3. The third kappa shape index (κ3) is 6.07. The lowest BCUT2D eigenvalue weighted by Gasteiger charge is -2.13. The van der Waals surface area contributed by atoms with Gasteiger partial charge >= 0.3 is 0 Å². The molecule has 31 heavy (non-hydrogen) atoms. The number of halogens is 1. The van der Waals surface area contributed by atoms with Crippen LogP contribution in [0.4, 0.5) is 10.1 Å². The number of nitrogens with zero attached hydrogens (tertiary/aromatic N) is 4. The van der Waals surface area contributed by atoms with Crippen molar-refractivity contribution < 1.29 is 9.18 Å². The Morgan fingerprint density at radius 2 is 1.84 bits per heavy atom. The van der Waals surface area contributed by atoms with E-state index in [-0.39, 0.29) is 17.5 Å². The summed E-state index contributed by atoms with van der Waals surface area (Å²) in [6.45, 7) is 5.26. The molecule has 2 aromatic carbocycles. The van der Waals surface area contributed by atoms with Crippen molar-refractivity contribution in [3.63, 3.8) is 0 Å². The number of hydrogen-bond acceptors (Lipinski definition) is 5. The smallest absolute Gasteiger partial charge is 0.230 e. The van der Waals surface area contributed by atoms with Crippen molar-refractivity contribution in [3.8, 4) is 11.4 Å². The normalized spacial score (nSPS) is 11.0. The fourth-order valence-electron chi connectivity index (χ4n) is 3.06. The number of rotatable bonds is 9. The molecule has 0 aliphatic carbocycles. The van der Waals surface area contributed by atoms with Crippen LogP contribution in [0.3, 0.4) is 0 Å². The van der Waals surface area contributed by atoms with Crippen molar-refractivity contribution in [1.82, 2.24) is 20.1 Å². The Labute approximate surface area is 186 Å². The Morgan fingerprint density at radius 3 is 2.48 bits per heavy atom. The van der Waals surface area contributed by atoms with E-state index in [0.29, 0.717) is 35.6 Å². The number of carbonyl (C=O) groups excluding carboxylic acids is 1. The molecular weight excluding hydrogens is 413 g/mol. The molecule has 0 radical (unpaired) electrons. The molecule has 0 saturated heterocycles. The average molecular weight is 442 g/mol. The highest BCUT2D eigenvalue weighted by Gasteiger charge is 2.18. The minimum absolute atomic E-state index is 0.0896. The van der Waals surface area contributed by atoms with Gasteiger partial charge in [-0.05, 0) is 35.7 Å². The zero-order chi connectivity index (χ0) is 22.4. The van der Waals surface area contributed by atoms with Gasteiger partial charge in [-0.1, -0.05) is 49.9 Å². The molecule has 0 bridgehead atoms. The van der Waals surface area contributed by atoms with Crippen LogP contribution in [-0.2, 0) is 17.9 Å². The van der Waals surface area contributed by atoms with Gasteiger partial charge in [-0.2, -0.15) is 0 Å². The van der Waals surface area contributed by atoms with Crippen LogP contribution in [0.1, 0.15) is 19.4 Å². The summed E-state index contributed by atoms with van der Waals surface area (Å²) >= 11 is 1.31. The molecule has 0 atom stereocenters. The van der Waals surface area contributed by atoms with Crippen molar-refractivity contribution in [2.24, 2.45) is 5.92 Å². The monoisotopic (exact) mass is 441 g/mol. The van der Waals surface area contributed by atoms with Crippen LogP contribution in [0.2, 0.25) is 0 Å². The third-order valence-electron chi connectivity index (χ3n) is 4.65. The topological polar surface area (TPSA) is 63.1 Å². The van der Waals surface area contributed by atoms with Gasteiger partial charge in [-0.3, -0.25) is 4.79 Å². The largest absolute Gasteiger partial charge is 0.378 e. The molecule has 3 rings (SSSR count). The predicted octanol–water partition coefficient (Wildman–Crippen LogP) is 4.21. The van der Waals surface area contributed by atoms with E-state index in [1.807, 2.05) is 47.8 Å². The van der Waals surface area contributed by atoms with E-state index < -0.39 is 0 Å². The first kappa shape index (κ1) is 22.8. The Morgan fingerprint density at radius 1 is 1.13 bits per heavy atom. The highest BCUT2D eigenvalue weighted by molar-refractivity contribution is 7.99. The summed E-state index contributed by atoms with van der Waals surface area (Å²) < 4.78 is 16.2. The number of amides is 1. The quantitative estimate of drug-likeness (QED) is 0.504. The lowest BCUT2D eigenvalue weighted by atomic mass is 10.2. The summed E-state index contributed by atoms with van der Waals surface area (Å²) in [7, 11) is 3.98. The molecule has 0 spiro atoms. The molecule has 0 aliphatic heterocycles. The molecular formula is C23H28FN5OS. The van der Waals surface area contributed by atoms with Crippen LogP contribution >= 0.6 is 11.8 Å². The fraction of sp³-hybridized carbons (Fsp3) is 0.348. The number of aromatic nitrogens is 3. The van der Waals surface area contributed by atoms with Gasteiger partial charge < -0.3 is 14.8 Å². The van der Waals surface area contributed by atoms with Gasteiger partial charge in [0.2, 0.25) is 5.91 Å². The summed E-state index contributed by atoms with van der Waals surface area (Å²) in [5.41, 5.74) is 2.56. The number of carbonyl (C=O) groups is 1. The highest BCUT2D eigenvalue weighted by atomic mass is 32.2. The van der Waals surface area contributed by atoms with Gasteiger partial charge in [0.15, 0.2) is 11.0 Å². The van der Waals surface area contributed by atoms with Gasteiger partial charge in [-0.25, -0.2) is 4.39 Å². The van der Waals surface area contributed by atoms with Crippen LogP contribution in [0.5, 0.6) is 0 Å². The van der Waals surface area contributed by atoms with E-state index in [2.05, 4.69) is 29.4 Å². The summed E-state index contributed by atoms with van der Waals surface area (Å²) in [5, 5.41) is 12.0. The van der Waals surface area contributed by atoms with Crippen LogP contribution in [0.25, 0.3) is 11.4 Å². The first-order valence-electron chi connectivity index (χ1n) is 10.2. The summed E-state index contributed by atoms with van der Waals surface area (Å²) in [6.07, 6.45) is 0. The fourth-order valence-corrected chi connectivity index (χ4v) is 3.84. The summed E-state index contributed by atoms with van der Waals surface area (Å²) in [5.74, 6) is 0.585. The number of anilines is 1. The molecule has 1 N–H and O–H groups in total. The van der Waals surface area contributed by atoms with Crippen molar-refractivity contribution >= 4 is 23.4 Å². The lowest BCUT2D eigenvalue weighted by molar-refractivity contribution is -0.118. The Kier molecular flexibility index (Phi) is 7.68. The second kappa shape index (κ2) is 10.4. The molecule has 1 heterocycles. The standard InChI is InChI=1S/C23H28FN5OS/c1-16(2)14-29-22(19-7-5-6-8-20(19)24)26-27-23(29)31-15-21(30)25-13-17-9-11-18(12-10-17)28(3)4/h5-12,16H,13-15H2,1-4H3,(H,25,30).